The molecule has 0 aliphatic heterocycles. The van der Waals surface area contributed by atoms with E-state index in [4.69, 9.17) is 4.52 Å². The predicted octanol–water partition coefficient (Wildman–Crippen LogP) is 3.99. The molecular weight excluding hydrogens is 394 g/mol. The number of aromatic nitrogens is 4. The first-order chi connectivity index (χ1) is 15.1. The molecule has 4 aromatic rings. The smallest absolute Gasteiger partial charge is 0.326 e. The standard InChI is InChI=1S/C23H23N5O3/c1-14(24-21(29)15-7-3-2-4-8-15)22-26-20(27-31-22)16-11-12-19-18(13-16)25-23(30)28(19)17-9-5-6-10-17/h2-4,7-8,11-14,17H,5-6,9-10H2,1H3,(H,24,29)(H,25,30)/t14-/m1/s1. The average Bonchev–Trinajstić information content (AvgIpc) is 3.53. The van der Waals surface area contributed by atoms with Gasteiger partial charge in [-0.05, 0) is 50.1 Å². The first-order valence-electron chi connectivity index (χ1n) is 10.5. The third-order valence-corrected chi connectivity index (χ3v) is 5.86. The summed E-state index contributed by atoms with van der Waals surface area (Å²) in [6.45, 7) is 1.79. The third kappa shape index (κ3) is 3.65. The van der Waals surface area contributed by atoms with Gasteiger partial charge >= 0.3 is 5.69 Å². The number of nitrogens with zero attached hydrogens (tertiary/aromatic N) is 3. The number of aromatic amines is 1. The Morgan fingerprint density at radius 3 is 2.74 bits per heavy atom. The Bertz CT molecular complexity index is 1280. The van der Waals surface area contributed by atoms with E-state index in [1.54, 1.807) is 19.1 Å². The monoisotopic (exact) mass is 417 g/mol. The van der Waals surface area contributed by atoms with E-state index in [1.165, 1.54) is 0 Å². The maximum Gasteiger partial charge on any atom is 0.326 e. The molecule has 0 spiro atoms. The number of benzene rings is 2. The Balaban J connectivity index is 1.37. The van der Waals surface area contributed by atoms with Gasteiger partial charge in [-0.15, -0.1) is 0 Å². The predicted molar refractivity (Wildman–Crippen MR) is 116 cm³/mol. The van der Waals surface area contributed by atoms with Crippen LogP contribution in [0, 0.1) is 0 Å². The van der Waals surface area contributed by atoms with Crippen LogP contribution in [0.4, 0.5) is 0 Å². The fourth-order valence-corrected chi connectivity index (χ4v) is 4.25. The Morgan fingerprint density at radius 2 is 1.97 bits per heavy atom. The lowest BCUT2D eigenvalue weighted by Crippen LogP contribution is -2.26. The van der Waals surface area contributed by atoms with Crippen LogP contribution in [-0.2, 0) is 0 Å². The minimum Gasteiger partial charge on any atom is -0.341 e. The zero-order chi connectivity index (χ0) is 21.4. The second-order valence-electron chi connectivity index (χ2n) is 7.99. The van der Waals surface area contributed by atoms with Crippen molar-refractivity contribution in [3.63, 3.8) is 0 Å². The van der Waals surface area contributed by atoms with E-state index >= 15 is 0 Å². The van der Waals surface area contributed by atoms with E-state index in [0.29, 0.717) is 17.3 Å². The summed E-state index contributed by atoms with van der Waals surface area (Å²) in [5, 5.41) is 6.93. The molecular formula is C23H23N5O3. The summed E-state index contributed by atoms with van der Waals surface area (Å²) < 4.78 is 7.26. The van der Waals surface area contributed by atoms with Crippen LogP contribution >= 0.6 is 0 Å². The zero-order valence-electron chi connectivity index (χ0n) is 17.2. The van der Waals surface area contributed by atoms with Crippen LogP contribution in [0.3, 0.4) is 0 Å². The van der Waals surface area contributed by atoms with E-state index in [2.05, 4.69) is 20.4 Å². The van der Waals surface area contributed by atoms with Gasteiger partial charge in [-0.25, -0.2) is 4.79 Å². The van der Waals surface area contributed by atoms with Crippen molar-refractivity contribution in [1.82, 2.24) is 25.0 Å². The van der Waals surface area contributed by atoms with Crippen molar-refractivity contribution in [2.75, 3.05) is 0 Å². The molecule has 2 aromatic heterocycles. The number of fused-ring (bicyclic) bond motifs is 1. The topological polar surface area (TPSA) is 106 Å². The molecule has 5 rings (SSSR count). The lowest BCUT2D eigenvalue weighted by Gasteiger charge is -2.11. The Morgan fingerprint density at radius 1 is 1.19 bits per heavy atom. The Kier molecular flexibility index (Phi) is 4.89. The van der Waals surface area contributed by atoms with Crippen molar-refractivity contribution in [2.45, 2.75) is 44.7 Å². The fraction of sp³-hybridized carbons (Fsp3) is 0.304. The summed E-state index contributed by atoms with van der Waals surface area (Å²) in [6.07, 6.45) is 4.39. The molecule has 2 N–H and O–H groups in total. The summed E-state index contributed by atoms with van der Waals surface area (Å²) in [5.41, 5.74) is 2.88. The zero-order valence-corrected chi connectivity index (χ0v) is 17.2. The van der Waals surface area contributed by atoms with E-state index in [1.807, 2.05) is 41.0 Å². The fourth-order valence-electron chi connectivity index (χ4n) is 4.25. The maximum absolute atomic E-state index is 12.5. The van der Waals surface area contributed by atoms with Gasteiger partial charge in [0.2, 0.25) is 11.7 Å². The van der Waals surface area contributed by atoms with Gasteiger partial charge in [0.05, 0.1) is 11.0 Å². The molecule has 1 fully saturated rings. The first-order valence-corrected chi connectivity index (χ1v) is 10.5. The highest BCUT2D eigenvalue weighted by Crippen LogP contribution is 2.31. The van der Waals surface area contributed by atoms with E-state index < -0.39 is 6.04 Å². The lowest BCUT2D eigenvalue weighted by molar-refractivity contribution is 0.0932. The van der Waals surface area contributed by atoms with Crippen LogP contribution in [0.1, 0.15) is 60.9 Å². The van der Waals surface area contributed by atoms with Crippen molar-refractivity contribution >= 4 is 16.9 Å². The number of hydrogen-bond acceptors (Lipinski definition) is 5. The number of hydrogen-bond donors (Lipinski definition) is 2. The summed E-state index contributed by atoms with van der Waals surface area (Å²) in [4.78, 5) is 32.3. The van der Waals surface area contributed by atoms with Gasteiger partial charge in [0, 0.05) is 17.2 Å². The van der Waals surface area contributed by atoms with Crippen molar-refractivity contribution in [3.05, 3.63) is 70.5 Å². The lowest BCUT2D eigenvalue weighted by atomic mass is 10.1. The molecule has 1 saturated carbocycles. The number of nitrogens with one attached hydrogen (secondary N) is 2. The minimum atomic E-state index is -0.444. The summed E-state index contributed by atoms with van der Waals surface area (Å²) >= 11 is 0. The SMILES string of the molecule is C[C@@H](NC(=O)c1ccccc1)c1nc(-c2ccc3c(c2)[nH]c(=O)n3C2CCCC2)no1. The highest BCUT2D eigenvalue weighted by Gasteiger charge is 2.22. The van der Waals surface area contributed by atoms with Gasteiger partial charge in [-0.1, -0.05) is 36.2 Å². The van der Waals surface area contributed by atoms with Crippen molar-refractivity contribution in [3.8, 4) is 11.4 Å². The number of rotatable bonds is 5. The van der Waals surface area contributed by atoms with E-state index in [0.717, 1.165) is 42.3 Å². The molecule has 2 aromatic carbocycles. The molecule has 8 heteroatoms. The normalized spacial score (nSPS) is 15.4. The van der Waals surface area contributed by atoms with Gasteiger partial charge in [0.25, 0.3) is 5.91 Å². The van der Waals surface area contributed by atoms with Crippen molar-refractivity contribution in [2.24, 2.45) is 0 Å². The molecule has 1 aliphatic carbocycles. The van der Waals surface area contributed by atoms with E-state index in [9.17, 15) is 9.59 Å². The number of H-pyrrole nitrogens is 1. The van der Waals surface area contributed by atoms with Crippen LogP contribution in [0.5, 0.6) is 0 Å². The number of imidazole rings is 1. The summed E-state index contributed by atoms with van der Waals surface area (Å²) in [5.74, 6) is 0.517. The van der Waals surface area contributed by atoms with Gasteiger partial charge in [-0.3, -0.25) is 9.36 Å². The Hall–Kier alpha value is -3.68. The molecule has 1 amide bonds. The molecule has 8 nitrogen and oxygen atoms in total. The number of carbonyl (C=O) groups excluding carboxylic acids is 1. The van der Waals surface area contributed by atoms with Crippen LogP contribution in [0.25, 0.3) is 22.4 Å². The highest BCUT2D eigenvalue weighted by molar-refractivity contribution is 5.94. The third-order valence-electron chi connectivity index (χ3n) is 5.86. The van der Waals surface area contributed by atoms with Gasteiger partial charge in [-0.2, -0.15) is 4.98 Å². The number of carbonyl (C=O) groups is 1. The average molecular weight is 417 g/mol. The summed E-state index contributed by atoms with van der Waals surface area (Å²) in [6, 6.07) is 14.5. The molecule has 158 valence electrons. The molecule has 31 heavy (non-hydrogen) atoms. The first kappa shape index (κ1) is 19.3. The van der Waals surface area contributed by atoms with Crippen LogP contribution in [0.15, 0.2) is 57.8 Å². The second kappa shape index (κ2) is 7.86. The second-order valence-corrected chi connectivity index (χ2v) is 7.99. The summed E-state index contributed by atoms with van der Waals surface area (Å²) in [7, 11) is 0. The molecule has 0 saturated heterocycles. The maximum atomic E-state index is 12.5. The molecule has 1 aliphatic rings. The van der Waals surface area contributed by atoms with Crippen molar-refractivity contribution in [1.29, 1.82) is 0 Å². The molecule has 0 unspecified atom stereocenters. The molecule has 1 atom stereocenters. The molecule has 2 heterocycles. The Labute approximate surface area is 178 Å². The molecule has 0 radical (unpaired) electrons. The largest absolute Gasteiger partial charge is 0.341 e. The van der Waals surface area contributed by atoms with Crippen molar-refractivity contribution < 1.29 is 9.32 Å². The van der Waals surface area contributed by atoms with Gasteiger partial charge in [0.15, 0.2) is 0 Å². The van der Waals surface area contributed by atoms with Gasteiger partial charge < -0.3 is 14.8 Å². The minimum absolute atomic E-state index is 0.0786. The highest BCUT2D eigenvalue weighted by atomic mass is 16.5. The van der Waals surface area contributed by atoms with Crippen LogP contribution < -0.4 is 11.0 Å². The van der Waals surface area contributed by atoms with Gasteiger partial charge in [0.1, 0.15) is 6.04 Å². The molecule has 0 bridgehead atoms. The van der Waals surface area contributed by atoms with Crippen LogP contribution in [0.2, 0.25) is 0 Å². The van der Waals surface area contributed by atoms with Crippen LogP contribution in [-0.4, -0.2) is 25.6 Å². The quantitative estimate of drug-likeness (QED) is 0.511. The number of amides is 1. The van der Waals surface area contributed by atoms with E-state index in [-0.39, 0.29) is 17.6 Å².